The Hall–Kier alpha value is -0.160. The van der Waals surface area contributed by atoms with E-state index in [-0.39, 0.29) is 0 Å². The SMILES string of the molecule is CC[C@H]1OC(O)[C@H](O)[C@H]1O. The van der Waals surface area contributed by atoms with Crippen molar-refractivity contribution in [1.82, 2.24) is 0 Å². The molecule has 4 heteroatoms. The lowest BCUT2D eigenvalue weighted by atomic mass is 10.1. The van der Waals surface area contributed by atoms with Crippen molar-refractivity contribution in [3.8, 4) is 0 Å². The summed E-state index contributed by atoms with van der Waals surface area (Å²) in [5, 5.41) is 26.9. The average Bonchev–Trinajstić information content (AvgIpc) is 2.17. The second kappa shape index (κ2) is 2.84. The van der Waals surface area contributed by atoms with Crippen molar-refractivity contribution in [3.05, 3.63) is 0 Å². The minimum absolute atomic E-state index is 0.426. The molecule has 4 atom stereocenters. The topological polar surface area (TPSA) is 69.9 Å². The molecule has 10 heavy (non-hydrogen) atoms. The fourth-order valence-corrected chi connectivity index (χ4v) is 1.07. The number of aliphatic hydroxyl groups excluding tert-OH is 3. The fourth-order valence-electron chi connectivity index (χ4n) is 1.07. The molecule has 1 fully saturated rings. The van der Waals surface area contributed by atoms with Crippen LogP contribution >= 0.6 is 0 Å². The van der Waals surface area contributed by atoms with Gasteiger partial charge in [0.25, 0.3) is 0 Å². The van der Waals surface area contributed by atoms with Crippen molar-refractivity contribution < 1.29 is 20.1 Å². The van der Waals surface area contributed by atoms with E-state index in [0.29, 0.717) is 6.42 Å². The maximum absolute atomic E-state index is 9.09. The Labute approximate surface area is 59.1 Å². The Morgan fingerprint density at radius 3 is 2.00 bits per heavy atom. The first-order chi connectivity index (χ1) is 4.66. The smallest absolute Gasteiger partial charge is 0.183 e. The molecule has 0 amide bonds. The molecule has 1 unspecified atom stereocenters. The van der Waals surface area contributed by atoms with Gasteiger partial charge in [-0.1, -0.05) is 6.92 Å². The molecule has 60 valence electrons. The molecule has 1 aliphatic rings. The van der Waals surface area contributed by atoms with Gasteiger partial charge in [-0.2, -0.15) is 0 Å². The Morgan fingerprint density at radius 1 is 1.20 bits per heavy atom. The highest BCUT2D eigenvalue weighted by atomic mass is 16.6. The first kappa shape index (κ1) is 7.94. The standard InChI is InChI=1S/C6H12O4/c1-2-3-4(7)5(8)6(9)10-3/h3-9H,2H2,1H3/t3-,4+,5-,6?/m1/s1. The van der Waals surface area contributed by atoms with Gasteiger partial charge in [0, 0.05) is 0 Å². The number of rotatable bonds is 1. The van der Waals surface area contributed by atoms with Crippen LogP contribution < -0.4 is 0 Å². The van der Waals surface area contributed by atoms with Gasteiger partial charge in [-0.25, -0.2) is 0 Å². The van der Waals surface area contributed by atoms with Crippen LogP contribution in [-0.4, -0.2) is 39.9 Å². The molecule has 1 saturated heterocycles. The molecule has 0 aromatic heterocycles. The summed E-state index contributed by atoms with van der Waals surface area (Å²) in [6.07, 6.45) is -3.15. The molecule has 3 N–H and O–H groups in total. The Kier molecular flexibility index (Phi) is 2.25. The molecule has 0 aromatic rings. The molecule has 4 nitrogen and oxygen atoms in total. The molecule has 1 rings (SSSR count). The summed E-state index contributed by atoms with van der Waals surface area (Å²) in [7, 11) is 0. The van der Waals surface area contributed by atoms with Gasteiger partial charge in [0.15, 0.2) is 6.29 Å². The van der Waals surface area contributed by atoms with Crippen LogP contribution in [0, 0.1) is 0 Å². The van der Waals surface area contributed by atoms with Gasteiger partial charge < -0.3 is 20.1 Å². The maximum atomic E-state index is 9.09. The molecule has 0 spiro atoms. The highest BCUT2D eigenvalue weighted by Gasteiger charge is 2.40. The van der Waals surface area contributed by atoms with E-state index in [0.717, 1.165) is 0 Å². The van der Waals surface area contributed by atoms with Crippen LogP contribution in [0.25, 0.3) is 0 Å². The molecular formula is C6H12O4. The lowest BCUT2D eigenvalue weighted by Gasteiger charge is -2.10. The summed E-state index contributed by atoms with van der Waals surface area (Å²) >= 11 is 0. The van der Waals surface area contributed by atoms with Crippen LogP contribution in [-0.2, 0) is 4.74 Å². The predicted molar refractivity (Wildman–Crippen MR) is 33.2 cm³/mol. The second-order valence-corrected chi connectivity index (χ2v) is 2.45. The third-order valence-corrected chi connectivity index (χ3v) is 1.74. The second-order valence-electron chi connectivity index (χ2n) is 2.45. The van der Waals surface area contributed by atoms with Gasteiger partial charge in [-0.3, -0.25) is 0 Å². The summed E-state index contributed by atoms with van der Waals surface area (Å²) in [5.74, 6) is 0. The van der Waals surface area contributed by atoms with Crippen molar-refractivity contribution in [2.75, 3.05) is 0 Å². The number of aliphatic hydroxyl groups is 3. The summed E-state index contributed by atoms with van der Waals surface area (Å²) in [4.78, 5) is 0. The average molecular weight is 148 g/mol. The number of ether oxygens (including phenoxy) is 1. The van der Waals surface area contributed by atoms with Crippen molar-refractivity contribution in [1.29, 1.82) is 0 Å². The van der Waals surface area contributed by atoms with Crippen molar-refractivity contribution >= 4 is 0 Å². The Morgan fingerprint density at radius 2 is 1.80 bits per heavy atom. The van der Waals surface area contributed by atoms with Gasteiger partial charge in [0.2, 0.25) is 0 Å². The molecule has 1 aliphatic heterocycles. The van der Waals surface area contributed by atoms with Crippen LogP contribution in [0.5, 0.6) is 0 Å². The zero-order chi connectivity index (χ0) is 7.72. The maximum Gasteiger partial charge on any atom is 0.183 e. The van der Waals surface area contributed by atoms with E-state index in [9.17, 15) is 0 Å². The summed E-state index contributed by atoms with van der Waals surface area (Å²) < 4.78 is 4.79. The molecule has 0 radical (unpaired) electrons. The number of hydrogen-bond acceptors (Lipinski definition) is 4. The summed E-state index contributed by atoms with van der Waals surface area (Å²) in [6, 6.07) is 0. The van der Waals surface area contributed by atoms with Crippen LogP contribution in [0.3, 0.4) is 0 Å². The summed E-state index contributed by atoms with van der Waals surface area (Å²) in [6.45, 7) is 1.82. The molecule has 0 aliphatic carbocycles. The molecule has 0 saturated carbocycles. The van der Waals surface area contributed by atoms with E-state index in [4.69, 9.17) is 20.1 Å². The number of hydrogen-bond donors (Lipinski definition) is 3. The molecular weight excluding hydrogens is 136 g/mol. The van der Waals surface area contributed by atoms with Crippen LogP contribution in [0.15, 0.2) is 0 Å². The zero-order valence-corrected chi connectivity index (χ0v) is 5.77. The summed E-state index contributed by atoms with van der Waals surface area (Å²) in [5.41, 5.74) is 0. The lowest BCUT2D eigenvalue weighted by Crippen LogP contribution is -2.31. The van der Waals surface area contributed by atoms with Gasteiger partial charge in [-0.05, 0) is 6.42 Å². The Bertz CT molecular complexity index is 116. The van der Waals surface area contributed by atoms with Crippen molar-refractivity contribution in [2.45, 2.75) is 37.9 Å². The normalized spacial score (nSPS) is 48.0. The highest BCUT2D eigenvalue weighted by molar-refractivity contribution is 4.84. The first-order valence-electron chi connectivity index (χ1n) is 3.36. The molecule has 0 bridgehead atoms. The quantitative estimate of drug-likeness (QED) is 0.438. The zero-order valence-electron chi connectivity index (χ0n) is 5.77. The van der Waals surface area contributed by atoms with Crippen molar-refractivity contribution in [3.63, 3.8) is 0 Å². The van der Waals surface area contributed by atoms with E-state index < -0.39 is 24.6 Å². The van der Waals surface area contributed by atoms with Gasteiger partial charge >= 0.3 is 0 Å². The van der Waals surface area contributed by atoms with Gasteiger partial charge in [0.05, 0.1) is 6.10 Å². The van der Waals surface area contributed by atoms with E-state index in [1.807, 2.05) is 6.92 Å². The first-order valence-corrected chi connectivity index (χ1v) is 3.36. The highest BCUT2D eigenvalue weighted by Crippen LogP contribution is 2.21. The third kappa shape index (κ3) is 1.15. The van der Waals surface area contributed by atoms with Crippen LogP contribution in [0.4, 0.5) is 0 Å². The van der Waals surface area contributed by atoms with Gasteiger partial charge in [0.1, 0.15) is 12.2 Å². The van der Waals surface area contributed by atoms with E-state index in [2.05, 4.69) is 0 Å². The molecule has 1 heterocycles. The van der Waals surface area contributed by atoms with E-state index in [1.165, 1.54) is 0 Å². The minimum atomic E-state index is -1.22. The van der Waals surface area contributed by atoms with E-state index in [1.54, 1.807) is 0 Å². The van der Waals surface area contributed by atoms with Crippen molar-refractivity contribution in [2.24, 2.45) is 0 Å². The van der Waals surface area contributed by atoms with Crippen LogP contribution in [0.2, 0.25) is 0 Å². The fraction of sp³-hybridized carbons (Fsp3) is 1.00. The van der Waals surface area contributed by atoms with Crippen LogP contribution in [0.1, 0.15) is 13.3 Å². The van der Waals surface area contributed by atoms with E-state index >= 15 is 0 Å². The largest absolute Gasteiger partial charge is 0.387 e. The molecule has 0 aromatic carbocycles. The third-order valence-electron chi connectivity index (χ3n) is 1.74. The van der Waals surface area contributed by atoms with Gasteiger partial charge in [-0.15, -0.1) is 0 Å². The minimum Gasteiger partial charge on any atom is -0.387 e. The lowest BCUT2D eigenvalue weighted by molar-refractivity contribution is -0.127. The Balaban J connectivity index is 2.53. The predicted octanol–water partition coefficient (Wildman–Crippen LogP) is -1.16. The monoisotopic (exact) mass is 148 g/mol.